The summed E-state index contributed by atoms with van der Waals surface area (Å²) in [6.07, 6.45) is 0. The van der Waals surface area contributed by atoms with Crippen molar-refractivity contribution in [1.29, 1.82) is 0 Å². The fraction of sp³-hybridized carbons (Fsp3) is 0. The normalized spacial score (nSPS) is 10.5. The van der Waals surface area contributed by atoms with Crippen LogP contribution < -0.4 is 0 Å². The first-order chi connectivity index (χ1) is 7.59. The lowest BCUT2D eigenvalue weighted by Gasteiger charge is -2.07. The van der Waals surface area contributed by atoms with Crippen LogP contribution in [0, 0.1) is 17.7 Å². The van der Waals surface area contributed by atoms with Gasteiger partial charge in [-0.25, -0.2) is 8.78 Å². The molecule has 0 spiro atoms. The van der Waals surface area contributed by atoms with Crippen LogP contribution in [0.25, 0.3) is 11.1 Å². The van der Waals surface area contributed by atoms with E-state index < -0.39 is 11.6 Å². The predicted molar refractivity (Wildman–Crippen MR) is 60.7 cm³/mol. The third-order valence-corrected chi connectivity index (χ3v) is 2.63. The first-order valence-corrected chi connectivity index (χ1v) is 5.15. The van der Waals surface area contributed by atoms with Crippen LogP contribution in [0.2, 0.25) is 10.0 Å². The van der Waals surface area contributed by atoms with Crippen molar-refractivity contribution in [3.8, 4) is 11.1 Å². The van der Waals surface area contributed by atoms with Gasteiger partial charge in [-0.15, -0.1) is 0 Å². The average molecular weight is 258 g/mol. The summed E-state index contributed by atoms with van der Waals surface area (Å²) in [5.74, 6) is -1.23. The highest BCUT2D eigenvalue weighted by Gasteiger charge is 2.13. The fourth-order valence-corrected chi connectivity index (χ4v) is 1.81. The van der Waals surface area contributed by atoms with E-state index in [4.69, 9.17) is 23.2 Å². The molecule has 0 saturated carbocycles. The van der Waals surface area contributed by atoms with Crippen LogP contribution in [-0.2, 0) is 0 Å². The zero-order valence-electron chi connectivity index (χ0n) is 7.90. The molecule has 0 bridgehead atoms. The van der Waals surface area contributed by atoms with Crippen molar-refractivity contribution in [1.82, 2.24) is 0 Å². The standard InChI is InChI=1S/C12H5Cl2F2/c13-7-4-5-8(11(16)6-7)12-9(14)2-1-3-10(12)15/h2-6H. The van der Waals surface area contributed by atoms with Crippen LogP contribution in [0.1, 0.15) is 0 Å². The van der Waals surface area contributed by atoms with Crippen LogP contribution >= 0.6 is 23.2 Å². The molecular formula is C12H5Cl2F2. The van der Waals surface area contributed by atoms with E-state index in [9.17, 15) is 8.78 Å². The molecule has 2 aromatic rings. The number of benzene rings is 2. The maximum atomic E-state index is 13.6. The van der Waals surface area contributed by atoms with Gasteiger partial charge in [0.15, 0.2) is 0 Å². The summed E-state index contributed by atoms with van der Waals surface area (Å²) in [5, 5.41) is 0.362. The summed E-state index contributed by atoms with van der Waals surface area (Å²) < 4.78 is 27.1. The van der Waals surface area contributed by atoms with Crippen molar-refractivity contribution in [2.45, 2.75) is 0 Å². The minimum absolute atomic E-state index is 0.0228. The van der Waals surface area contributed by atoms with Gasteiger partial charge in [-0.3, -0.25) is 0 Å². The largest absolute Gasteiger partial charge is 0.206 e. The molecule has 0 aliphatic carbocycles. The molecule has 1 radical (unpaired) electrons. The average Bonchev–Trinajstić information content (AvgIpc) is 2.20. The summed E-state index contributed by atoms with van der Waals surface area (Å²) in [4.78, 5) is 0. The molecule has 0 heterocycles. The molecule has 0 amide bonds. The SMILES string of the molecule is Fc1cc(Cl)ccc1-c1c(F)c[c]cc1Cl. The van der Waals surface area contributed by atoms with E-state index in [1.54, 1.807) is 0 Å². The summed E-state index contributed by atoms with van der Waals surface area (Å²) in [6.45, 7) is 0. The van der Waals surface area contributed by atoms with Gasteiger partial charge in [0, 0.05) is 16.1 Å². The molecule has 0 aliphatic heterocycles. The quantitative estimate of drug-likeness (QED) is 0.693. The number of hydrogen-bond acceptors (Lipinski definition) is 0. The lowest BCUT2D eigenvalue weighted by atomic mass is 10.0. The van der Waals surface area contributed by atoms with E-state index in [2.05, 4.69) is 6.07 Å². The van der Waals surface area contributed by atoms with Gasteiger partial charge in [0.2, 0.25) is 0 Å². The minimum Gasteiger partial charge on any atom is -0.206 e. The zero-order valence-corrected chi connectivity index (χ0v) is 9.41. The molecule has 2 rings (SSSR count). The highest BCUT2D eigenvalue weighted by atomic mass is 35.5. The lowest BCUT2D eigenvalue weighted by molar-refractivity contribution is 0.616. The Hall–Kier alpha value is -1.12. The van der Waals surface area contributed by atoms with E-state index in [-0.39, 0.29) is 21.2 Å². The van der Waals surface area contributed by atoms with Gasteiger partial charge in [0.05, 0.1) is 5.02 Å². The smallest absolute Gasteiger partial charge is 0.133 e. The molecule has 4 heteroatoms. The Kier molecular flexibility index (Phi) is 3.13. The molecule has 81 valence electrons. The second-order valence-electron chi connectivity index (χ2n) is 3.15. The summed E-state index contributed by atoms with van der Waals surface area (Å²) in [6, 6.07) is 8.99. The second kappa shape index (κ2) is 4.40. The van der Waals surface area contributed by atoms with Crippen molar-refractivity contribution in [2.75, 3.05) is 0 Å². The number of hydrogen-bond donors (Lipinski definition) is 0. The van der Waals surface area contributed by atoms with Crippen molar-refractivity contribution in [2.24, 2.45) is 0 Å². The second-order valence-corrected chi connectivity index (χ2v) is 3.99. The number of rotatable bonds is 1. The van der Waals surface area contributed by atoms with Crippen LogP contribution in [0.4, 0.5) is 8.78 Å². The van der Waals surface area contributed by atoms with Crippen molar-refractivity contribution in [3.05, 3.63) is 58.1 Å². The summed E-state index contributed by atoms with van der Waals surface area (Å²) in [7, 11) is 0. The van der Waals surface area contributed by atoms with E-state index >= 15 is 0 Å². The van der Waals surface area contributed by atoms with Gasteiger partial charge in [-0.05, 0) is 36.4 Å². The monoisotopic (exact) mass is 257 g/mol. The molecule has 0 aliphatic rings. The highest BCUT2D eigenvalue weighted by molar-refractivity contribution is 6.33. The van der Waals surface area contributed by atoms with E-state index in [0.717, 1.165) is 12.1 Å². The van der Waals surface area contributed by atoms with Gasteiger partial charge in [0.25, 0.3) is 0 Å². The molecule has 0 aromatic heterocycles. The fourth-order valence-electron chi connectivity index (χ4n) is 1.40. The highest BCUT2D eigenvalue weighted by Crippen LogP contribution is 2.33. The Morgan fingerprint density at radius 1 is 1.00 bits per heavy atom. The minimum atomic E-state index is -0.617. The van der Waals surface area contributed by atoms with Crippen molar-refractivity contribution in [3.63, 3.8) is 0 Å². The third-order valence-electron chi connectivity index (χ3n) is 2.10. The maximum Gasteiger partial charge on any atom is 0.133 e. The molecule has 0 N–H and O–H groups in total. The molecule has 0 fully saturated rings. The molecule has 16 heavy (non-hydrogen) atoms. The van der Waals surface area contributed by atoms with Crippen LogP contribution in [-0.4, -0.2) is 0 Å². The summed E-state index contributed by atoms with van der Waals surface area (Å²) in [5.41, 5.74) is 0.107. The van der Waals surface area contributed by atoms with Crippen LogP contribution in [0.5, 0.6) is 0 Å². The Labute approximate surface area is 101 Å². The Morgan fingerprint density at radius 3 is 2.38 bits per heavy atom. The Morgan fingerprint density at radius 2 is 1.75 bits per heavy atom. The molecule has 0 saturated heterocycles. The molecule has 0 atom stereocenters. The topological polar surface area (TPSA) is 0 Å². The van der Waals surface area contributed by atoms with E-state index in [1.165, 1.54) is 18.2 Å². The first kappa shape index (κ1) is 11.4. The Bertz CT molecular complexity index is 518. The molecule has 0 unspecified atom stereocenters. The zero-order chi connectivity index (χ0) is 11.7. The summed E-state index contributed by atoms with van der Waals surface area (Å²) >= 11 is 11.4. The van der Waals surface area contributed by atoms with Crippen LogP contribution in [0.15, 0.2) is 30.3 Å². The van der Waals surface area contributed by atoms with E-state index in [1.807, 2.05) is 0 Å². The third kappa shape index (κ3) is 2.04. The predicted octanol–water partition coefficient (Wildman–Crippen LogP) is 4.74. The molecule has 0 nitrogen and oxygen atoms in total. The van der Waals surface area contributed by atoms with Gasteiger partial charge < -0.3 is 0 Å². The van der Waals surface area contributed by atoms with Crippen LogP contribution in [0.3, 0.4) is 0 Å². The number of halogens is 4. The van der Waals surface area contributed by atoms with Gasteiger partial charge in [0.1, 0.15) is 11.6 Å². The van der Waals surface area contributed by atoms with Gasteiger partial charge in [-0.2, -0.15) is 0 Å². The molecular weight excluding hydrogens is 253 g/mol. The van der Waals surface area contributed by atoms with Crippen molar-refractivity contribution >= 4 is 23.2 Å². The van der Waals surface area contributed by atoms with Gasteiger partial charge >= 0.3 is 0 Å². The first-order valence-electron chi connectivity index (χ1n) is 4.40. The maximum absolute atomic E-state index is 13.6. The van der Waals surface area contributed by atoms with Crippen molar-refractivity contribution < 1.29 is 8.78 Å². The Balaban J connectivity index is 2.68. The van der Waals surface area contributed by atoms with E-state index in [0.29, 0.717) is 0 Å². The lowest BCUT2D eigenvalue weighted by Crippen LogP contribution is -1.89. The van der Waals surface area contributed by atoms with Gasteiger partial charge in [-0.1, -0.05) is 23.2 Å². The molecule has 2 aromatic carbocycles.